The van der Waals surface area contributed by atoms with Crippen molar-refractivity contribution in [1.82, 2.24) is 4.98 Å². The highest BCUT2D eigenvalue weighted by Gasteiger charge is 2.20. The van der Waals surface area contributed by atoms with E-state index in [0.29, 0.717) is 0 Å². The zero-order chi connectivity index (χ0) is 10.7. The van der Waals surface area contributed by atoms with Gasteiger partial charge >= 0.3 is 0 Å². The third-order valence-corrected chi connectivity index (χ3v) is 4.26. The van der Waals surface area contributed by atoms with E-state index in [2.05, 4.69) is 24.0 Å². The Kier molecular flexibility index (Phi) is 1.56. The molecule has 3 aromatic rings. The molecule has 1 aliphatic carbocycles. The molecule has 0 radical (unpaired) electrons. The van der Waals surface area contributed by atoms with Crippen LogP contribution in [0.5, 0.6) is 0 Å². The second-order valence-electron chi connectivity index (χ2n) is 4.41. The Morgan fingerprint density at radius 3 is 3.19 bits per heavy atom. The van der Waals surface area contributed by atoms with Gasteiger partial charge in [-0.3, -0.25) is 0 Å². The molecule has 2 aromatic heterocycles. The second-order valence-corrected chi connectivity index (χ2v) is 5.64. The van der Waals surface area contributed by atoms with Gasteiger partial charge in [0.1, 0.15) is 11.3 Å². The summed E-state index contributed by atoms with van der Waals surface area (Å²) in [5.74, 6) is 1.20. The Morgan fingerprint density at radius 1 is 1.31 bits per heavy atom. The van der Waals surface area contributed by atoms with Crippen LogP contribution >= 0.6 is 11.3 Å². The SMILES string of the molecule is Cc1nc2cc3c4c(oc3cc2s1)CCC4. The fraction of sp³-hybridized carbons (Fsp3) is 0.308. The summed E-state index contributed by atoms with van der Waals surface area (Å²) < 4.78 is 7.14. The maximum atomic E-state index is 5.91. The number of nitrogens with zero attached hydrogens (tertiary/aromatic N) is 1. The molecule has 0 fully saturated rings. The minimum Gasteiger partial charge on any atom is -0.461 e. The number of hydrogen-bond acceptors (Lipinski definition) is 3. The molecule has 0 aliphatic heterocycles. The largest absolute Gasteiger partial charge is 0.461 e. The van der Waals surface area contributed by atoms with E-state index in [1.165, 1.54) is 27.8 Å². The van der Waals surface area contributed by atoms with E-state index in [0.717, 1.165) is 28.9 Å². The molecule has 0 bridgehead atoms. The minimum atomic E-state index is 1.04. The lowest BCUT2D eigenvalue weighted by atomic mass is 10.1. The van der Waals surface area contributed by atoms with Gasteiger partial charge in [-0.1, -0.05) is 0 Å². The van der Waals surface area contributed by atoms with Gasteiger partial charge in [0, 0.05) is 23.4 Å². The quantitative estimate of drug-likeness (QED) is 0.585. The van der Waals surface area contributed by atoms with Crippen LogP contribution in [0.1, 0.15) is 22.8 Å². The molecule has 3 heteroatoms. The van der Waals surface area contributed by atoms with Gasteiger partial charge in [0.2, 0.25) is 0 Å². The minimum absolute atomic E-state index is 1.04. The molecule has 2 nitrogen and oxygen atoms in total. The molecule has 0 saturated heterocycles. The van der Waals surface area contributed by atoms with E-state index in [1.807, 2.05) is 0 Å². The summed E-state index contributed by atoms with van der Waals surface area (Å²) in [6.45, 7) is 2.05. The normalized spacial score (nSPS) is 15.1. The molecule has 1 aromatic carbocycles. The molecular formula is C13H11NOS. The smallest absolute Gasteiger partial charge is 0.136 e. The molecule has 0 spiro atoms. The van der Waals surface area contributed by atoms with E-state index in [9.17, 15) is 0 Å². The first-order valence-electron chi connectivity index (χ1n) is 5.63. The lowest BCUT2D eigenvalue weighted by Gasteiger charge is -1.92. The first kappa shape index (κ1) is 8.76. The number of aromatic nitrogens is 1. The lowest BCUT2D eigenvalue weighted by molar-refractivity contribution is 0.557. The van der Waals surface area contributed by atoms with Crippen molar-refractivity contribution in [2.75, 3.05) is 0 Å². The van der Waals surface area contributed by atoms with Crippen molar-refractivity contribution in [3.63, 3.8) is 0 Å². The van der Waals surface area contributed by atoms with Crippen molar-refractivity contribution < 1.29 is 4.42 Å². The Hall–Kier alpha value is -1.35. The fourth-order valence-corrected chi connectivity index (χ4v) is 3.47. The first-order chi connectivity index (χ1) is 7.81. The number of rotatable bonds is 0. The molecule has 80 valence electrons. The average molecular weight is 229 g/mol. The lowest BCUT2D eigenvalue weighted by Crippen LogP contribution is -1.76. The van der Waals surface area contributed by atoms with Crippen molar-refractivity contribution in [3.05, 3.63) is 28.5 Å². The topological polar surface area (TPSA) is 26.0 Å². The standard InChI is InChI=1S/C13H11NOS/c1-7-14-10-5-9-8-3-2-4-11(8)15-12(9)6-13(10)16-7/h5-6H,2-4H2,1H3. The molecular weight excluding hydrogens is 218 g/mol. The van der Waals surface area contributed by atoms with Crippen molar-refractivity contribution in [2.45, 2.75) is 26.2 Å². The van der Waals surface area contributed by atoms with Crippen molar-refractivity contribution in [2.24, 2.45) is 0 Å². The van der Waals surface area contributed by atoms with Crippen molar-refractivity contribution in [3.8, 4) is 0 Å². The number of benzene rings is 1. The van der Waals surface area contributed by atoms with E-state index in [1.54, 1.807) is 11.3 Å². The Bertz CT molecular complexity index is 707. The number of aryl methyl sites for hydroxylation is 3. The molecule has 0 amide bonds. The summed E-state index contributed by atoms with van der Waals surface area (Å²) >= 11 is 1.74. The summed E-state index contributed by atoms with van der Waals surface area (Å²) in [5.41, 5.74) is 3.58. The number of furan rings is 1. The number of hydrogen-bond donors (Lipinski definition) is 0. The highest BCUT2D eigenvalue weighted by Crippen LogP contribution is 2.36. The molecule has 2 heterocycles. The Morgan fingerprint density at radius 2 is 2.25 bits per heavy atom. The zero-order valence-corrected chi connectivity index (χ0v) is 9.86. The first-order valence-corrected chi connectivity index (χ1v) is 6.44. The molecule has 4 rings (SSSR count). The van der Waals surface area contributed by atoms with Crippen LogP contribution in [-0.2, 0) is 12.8 Å². The summed E-state index contributed by atoms with van der Waals surface area (Å²) in [6.07, 6.45) is 3.50. The van der Waals surface area contributed by atoms with Crippen LogP contribution < -0.4 is 0 Å². The molecule has 1 aliphatic rings. The number of thiazole rings is 1. The molecule has 16 heavy (non-hydrogen) atoms. The Labute approximate surface area is 96.9 Å². The Balaban J connectivity index is 2.16. The number of fused-ring (bicyclic) bond motifs is 4. The van der Waals surface area contributed by atoms with Crippen LogP contribution in [0, 0.1) is 6.92 Å². The van der Waals surface area contributed by atoms with Gasteiger partial charge in [0.05, 0.1) is 15.2 Å². The van der Waals surface area contributed by atoms with E-state index in [-0.39, 0.29) is 0 Å². The maximum Gasteiger partial charge on any atom is 0.136 e. The van der Waals surface area contributed by atoms with Gasteiger partial charge in [0.25, 0.3) is 0 Å². The maximum absolute atomic E-state index is 5.91. The van der Waals surface area contributed by atoms with Gasteiger partial charge in [-0.05, 0) is 25.8 Å². The monoisotopic (exact) mass is 229 g/mol. The van der Waals surface area contributed by atoms with E-state index >= 15 is 0 Å². The summed E-state index contributed by atoms with van der Waals surface area (Å²) in [7, 11) is 0. The van der Waals surface area contributed by atoms with Crippen LogP contribution in [0.15, 0.2) is 16.5 Å². The van der Waals surface area contributed by atoms with E-state index < -0.39 is 0 Å². The third kappa shape index (κ3) is 1.04. The average Bonchev–Trinajstić information content (AvgIpc) is 2.86. The van der Waals surface area contributed by atoms with Crippen LogP contribution in [0.25, 0.3) is 21.2 Å². The van der Waals surface area contributed by atoms with Crippen molar-refractivity contribution in [1.29, 1.82) is 0 Å². The second kappa shape index (κ2) is 2.86. The molecule has 0 N–H and O–H groups in total. The summed E-state index contributed by atoms with van der Waals surface area (Å²) in [5, 5.41) is 2.41. The summed E-state index contributed by atoms with van der Waals surface area (Å²) in [6, 6.07) is 4.34. The van der Waals surface area contributed by atoms with Crippen molar-refractivity contribution >= 4 is 32.5 Å². The van der Waals surface area contributed by atoms with E-state index in [4.69, 9.17) is 4.42 Å². The van der Waals surface area contributed by atoms with Crippen LogP contribution in [0.4, 0.5) is 0 Å². The predicted molar refractivity (Wildman–Crippen MR) is 66.2 cm³/mol. The fourth-order valence-electron chi connectivity index (χ4n) is 2.64. The van der Waals surface area contributed by atoms with Crippen LogP contribution in [0.2, 0.25) is 0 Å². The third-order valence-electron chi connectivity index (χ3n) is 3.32. The molecule has 0 saturated carbocycles. The van der Waals surface area contributed by atoms with Gasteiger partial charge < -0.3 is 4.42 Å². The van der Waals surface area contributed by atoms with Crippen LogP contribution in [-0.4, -0.2) is 4.98 Å². The van der Waals surface area contributed by atoms with Gasteiger partial charge in [-0.15, -0.1) is 11.3 Å². The highest BCUT2D eigenvalue weighted by molar-refractivity contribution is 7.18. The van der Waals surface area contributed by atoms with Gasteiger partial charge in [-0.2, -0.15) is 0 Å². The van der Waals surface area contributed by atoms with Crippen LogP contribution in [0.3, 0.4) is 0 Å². The molecule has 0 unspecified atom stereocenters. The predicted octanol–water partition coefficient (Wildman–Crippen LogP) is 3.84. The summed E-state index contributed by atoms with van der Waals surface area (Å²) in [4.78, 5) is 4.55. The van der Waals surface area contributed by atoms with Gasteiger partial charge in [-0.25, -0.2) is 4.98 Å². The van der Waals surface area contributed by atoms with Gasteiger partial charge in [0.15, 0.2) is 0 Å². The zero-order valence-electron chi connectivity index (χ0n) is 9.04. The molecule has 0 atom stereocenters. The highest BCUT2D eigenvalue weighted by atomic mass is 32.1.